The van der Waals surface area contributed by atoms with Gasteiger partial charge in [-0.15, -0.1) is 5.10 Å². The molecule has 0 spiro atoms. The van der Waals surface area contributed by atoms with E-state index in [0.29, 0.717) is 12.4 Å². The van der Waals surface area contributed by atoms with Gasteiger partial charge in [0, 0.05) is 5.56 Å². The van der Waals surface area contributed by atoms with Crippen LogP contribution in [0.25, 0.3) is 11.4 Å². The molecule has 0 amide bonds. The van der Waals surface area contributed by atoms with E-state index in [1.807, 2.05) is 30.3 Å². The highest BCUT2D eigenvalue weighted by molar-refractivity contribution is 5.74. The summed E-state index contributed by atoms with van der Waals surface area (Å²) in [4.78, 5) is 11.7. The van der Waals surface area contributed by atoms with Crippen molar-refractivity contribution in [2.24, 2.45) is 0 Å². The van der Waals surface area contributed by atoms with Crippen LogP contribution in [-0.2, 0) is 9.53 Å². The average molecular weight is 246 g/mol. The number of carbonyl (C=O) groups is 1. The van der Waals surface area contributed by atoms with E-state index in [4.69, 9.17) is 4.74 Å². The predicted molar refractivity (Wildman–Crippen MR) is 64.6 cm³/mol. The zero-order valence-electron chi connectivity index (χ0n) is 10.3. The molecule has 0 saturated carbocycles. The molecule has 0 aliphatic rings. The first kappa shape index (κ1) is 12.2. The molecule has 0 saturated heterocycles. The first-order valence-electron chi connectivity index (χ1n) is 5.74. The normalized spacial score (nSPS) is 12.1. The highest BCUT2D eigenvalue weighted by Gasteiger charge is 2.21. The summed E-state index contributed by atoms with van der Waals surface area (Å²) in [6, 6.07) is 8.93. The lowest BCUT2D eigenvalue weighted by atomic mass is 10.2. The van der Waals surface area contributed by atoms with Crippen molar-refractivity contribution in [3.63, 3.8) is 0 Å². The second kappa shape index (κ2) is 5.39. The molecule has 2 rings (SSSR count). The molecule has 0 bridgehead atoms. The first-order valence-corrected chi connectivity index (χ1v) is 5.74. The Morgan fingerprint density at radius 1 is 1.39 bits per heavy atom. The van der Waals surface area contributed by atoms with Gasteiger partial charge < -0.3 is 4.74 Å². The van der Waals surface area contributed by atoms with Crippen molar-refractivity contribution in [3.8, 4) is 11.4 Å². The Balaban J connectivity index is 2.31. The van der Waals surface area contributed by atoms with Crippen LogP contribution in [-0.4, -0.2) is 32.8 Å². The van der Waals surface area contributed by atoms with Gasteiger partial charge in [-0.25, -0.2) is 9.48 Å². The van der Waals surface area contributed by atoms with Gasteiger partial charge in [0.25, 0.3) is 0 Å². The van der Waals surface area contributed by atoms with Gasteiger partial charge in [0.1, 0.15) is 0 Å². The third-order valence-corrected chi connectivity index (χ3v) is 2.52. The molecular formula is C12H14N4O2. The molecule has 1 heterocycles. The Bertz CT molecular complexity index is 524. The number of nitrogens with zero attached hydrogens (tertiary/aromatic N) is 4. The fraction of sp³-hybridized carbons (Fsp3) is 0.333. The number of ether oxygens (including phenoxy) is 1. The monoisotopic (exact) mass is 246 g/mol. The molecule has 1 aromatic carbocycles. The van der Waals surface area contributed by atoms with Gasteiger partial charge in [0.15, 0.2) is 11.9 Å². The van der Waals surface area contributed by atoms with Crippen molar-refractivity contribution in [2.75, 3.05) is 6.61 Å². The van der Waals surface area contributed by atoms with Gasteiger partial charge in [-0.2, -0.15) is 0 Å². The average Bonchev–Trinajstić information content (AvgIpc) is 2.88. The largest absolute Gasteiger partial charge is 0.464 e. The van der Waals surface area contributed by atoms with Crippen molar-refractivity contribution >= 4 is 5.97 Å². The fourth-order valence-corrected chi connectivity index (χ4v) is 1.59. The van der Waals surface area contributed by atoms with Crippen molar-refractivity contribution < 1.29 is 9.53 Å². The van der Waals surface area contributed by atoms with Crippen LogP contribution >= 0.6 is 0 Å². The molecular weight excluding hydrogens is 232 g/mol. The Morgan fingerprint density at radius 3 is 2.78 bits per heavy atom. The van der Waals surface area contributed by atoms with E-state index in [0.717, 1.165) is 5.56 Å². The summed E-state index contributed by atoms with van der Waals surface area (Å²) in [6.45, 7) is 3.81. The number of hydrogen-bond acceptors (Lipinski definition) is 5. The van der Waals surface area contributed by atoms with Crippen LogP contribution in [0.1, 0.15) is 19.9 Å². The molecule has 94 valence electrons. The van der Waals surface area contributed by atoms with Crippen LogP contribution in [0, 0.1) is 0 Å². The standard InChI is InChI=1S/C12H14N4O2/c1-3-18-12(17)9(2)16-11(13-14-15-16)10-7-5-4-6-8-10/h4-9H,3H2,1-2H3. The molecule has 6 nitrogen and oxygen atoms in total. The summed E-state index contributed by atoms with van der Waals surface area (Å²) in [5.74, 6) is 0.207. The van der Waals surface area contributed by atoms with Crippen molar-refractivity contribution in [1.82, 2.24) is 20.2 Å². The molecule has 6 heteroatoms. The number of carbonyl (C=O) groups excluding carboxylic acids is 1. The van der Waals surface area contributed by atoms with E-state index in [2.05, 4.69) is 15.5 Å². The second-order valence-electron chi connectivity index (χ2n) is 3.74. The lowest BCUT2D eigenvalue weighted by Crippen LogP contribution is -2.21. The van der Waals surface area contributed by atoms with Crippen LogP contribution in [0.5, 0.6) is 0 Å². The van der Waals surface area contributed by atoms with E-state index in [1.165, 1.54) is 4.68 Å². The van der Waals surface area contributed by atoms with Gasteiger partial charge in [0.05, 0.1) is 6.61 Å². The summed E-state index contributed by atoms with van der Waals surface area (Å²) < 4.78 is 6.43. The van der Waals surface area contributed by atoms with E-state index in [-0.39, 0.29) is 5.97 Å². The van der Waals surface area contributed by atoms with Crippen molar-refractivity contribution in [2.45, 2.75) is 19.9 Å². The number of aromatic nitrogens is 4. The van der Waals surface area contributed by atoms with Gasteiger partial charge >= 0.3 is 5.97 Å². The Hall–Kier alpha value is -2.24. The minimum Gasteiger partial charge on any atom is -0.464 e. The zero-order valence-corrected chi connectivity index (χ0v) is 10.3. The molecule has 2 aromatic rings. The van der Waals surface area contributed by atoms with Crippen LogP contribution < -0.4 is 0 Å². The molecule has 18 heavy (non-hydrogen) atoms. The number of tetrazole rings is 1. The van der Waals surface area contributed by atoms with E-state index in [1.54, 1.807) is 13.8 Å². The Morgan fingerprint density at radius 2 is 2.11 bits per heavy atom. The zero-order chi connectivity index (χ0) is 13.0. The second-order valence-corrected chi connectivity index (χ2v) is 3.74. The lowest BCUT2D eigenvalue weighted by molar-refractivity contribution is -0.146. The van der Waals surface area contributed by atoms with E-state index >= 15 is 0 Å². The Kier molecular flexibility index (Phi) is 3.66. The quantitative estimate of drug-likeness (QED) is 0.764. The highest BCUT2D eigenvalue weighted by atomic mass is 16.5. The Labute approximate surface area is 105 Å². The number of rotatable bonds is 4. The topological polar surface area (TPSA) is 69.9 Å². The fourth-order valence-electron chi connectivity index (χ4n) is 1.59. The SMILES string of the molecule is CCOC(=O)C(C)n1nnnc1-c1ccccc1. The van der Waals surface area contributed by atoms with Crippen molar-refractivity contribution in [1.29, 1.82) is 0 Å². The van der Waals surface area contributed by atoms with Gasteiger partial charge in [-0.05, 0) is 24.3 Å². The first-order chi connectivity index (χ1) is 8.74. The molecule has 1 unspecified atom stereocenters. The summed E-state index contributed by atoms with van der Waals surface area (Å²) in [6.07, 6.45) is 0. The maximum absolute atomic E-state index is 11.7. The number of esters is 1. The van der Waals surface area contributed by atoms with Gasteiger partial charge in [-0.1, -0.05) is 30.3 Å². The number of hydrogen-bond donors (Lipinski definition) is 0. The molecule has 0 aliphatic heterocycles. The molecule has 0 aliphatic carbocycles. The molecule has 0 radical (unpaired) electrons. The smallest absolute Gasteiger partial charge is 0.330 e. The third-order valence-electron chi connectivity index (χ3n) is 2.52. The summed E-state index contributed by atoms with van der Waals surface area (Å²) in [5, 5.41) is 11.4. The van der Waals surface area contributed by atoms with Crippen molar-refractivity contribution in [3.05, 3.63) is 30.3 Å². The third kappa shape index (κ3) is 2.37. The summed E-state index contributed by atoms with van der Waals surface area (Å²) >= 11 is 0. The van der Waals surface area contributed by atoms with Crippen LogP contribution in [0.2, 0.25) is 0 Å². The maximum atomic E-state index is 11.7. The minimum absolute atomic E-state index is 0.339. The minimum atomic E-state index is -0.546. The van der Waals surface area contributed by atoms with Crippen LogP contribution in [0.3, 0.4) is 0 Å². The lowest BCUT2D eigenvalue weighted by Gasteiger charge is -2.11. The maximum Gasteiger partial charge on any atom is 0.330 e. The molecule has 0 fully saturated rings. The van der Waals surface area contributed by atoms with Gasteiger partial charge in [0.2, 0.25) is 0 Å². The molecule has 1 aromatic heterocycles. The number of benzene rings is 1. The predicted octanol–water partition coefficient (Wildman–Crippen LogP) is 1.46. The van der Waals surface area contributed by atoms with Gasteiger partial charge in [-0.3, -0.25) is 0 Å². The van der Waals surface area contributed by atoms with E-state index in [9.17, 15) is 4.79 Å². The van der Waals surface area contributed by atoms with E-state index < -0.39 is 6.04 Å². The highest BCUT2D eigenvalue weighted by Crippen LogP contribution is 2.19. The summed E-state index contributed by atoms with van der Waals surface area (Å²) in [5.41, 5.74) is 0.860. The summed E-state index contributed by atoms with van der Waals surface area (Å²) in [7, 11) is 0. The molecule has 1 atom stereocenters. The molecule has 0 N–H and O–H groups in total. The van der Waals surface area contributed by atoms with Crippen LogP contribution in [0.15, 0.2) is 30.3 Å². The van der Waals surface area contributed by atoms with Crippen LogP contribution in [0.4, 0.5) is 0 Å².